The molecule has 1 aliphatic rings. The molecule has 2 unspecified atom stereocenters. The van der Waals surface area contributed by atoms with Crippen molar-refractivity contribution >= 4 is 11.9 Å². The number of piperidine rings is 1. The van der Waals surface area contributed by atoms with E-state index in [2.05, 4.69) is 10.2 Å². The Labute approximate surface area is 109 Å². The number of nitrogens with one attached hydrogen (secondary N) is 1. The van der Waals surface area contributed by atoms with Crippen molar-refractivity contribution in [3.8, 4) is 0 Å². The van der Waals surface area contributed by atoms with Crippen molar-refractivity contribution in [2.24, 2.45) is 5.92 Å². The van der Waals surface area contributed by atoms with Crippen LogP contribution in [-0.4, -0.2) is 49.6 Å². The number of ether oxygens (including phenoxy) is 1. The summed E-state index contributed by atoms with van der Waals surface area (Å²) in [6.07, 6.45) is 3.03. The monoisotopic (exact) mass is 256 g/mol. The number of rotatable bonds is 5. The molecule has 1 aliphatic heterocycles. The Morgan fingerprint density at radius 1 is 1.44 bits per heavy atom. The predicted molar refractivity (Wildman–Crippen MR) is 69.1 cm³/mol. The molecule has 0 bridgehead atoms. The van der Waals surface area contributed by atoms with Gasteiger partial charge in [-0.25, -0.2) is 0 Å². The van der Waals surface area contributed by atoms with Crippen LogP contribution in [0.15, 0.2) is 0 Å². The Hall–Kier alpha value is -1.10. The molecule has 5 nitrogen and oxygen atoms in total. The average Bonchev–Trinajstić information content (AvgIpc) is 2.38. The third kappa shape index (κ3) is 3.98. The van der Waals surface area contributed by atoms with Crippen LogP contribution in [0.2, 0.25) is 0 Å². The fourth-order valence-corrected chi connectivity index (χ4v) is 2.38. The Kier molecular flexibility index (Phi) is 6.12. The van der Waals surface area contributed by atoms with Gasteiger partial charge >= 0.3 is 5.97 Å². The standard InChI is InChI=1S/C13H24N2O3/c1-4-18-13(17)10(2)9-15-8-6-5-7-11(15)12(16)14-3/h10-11H,4-9H2,1-3H3,(H,14,16). The summed E-state index contributed by atoms with van der Waals surface area (Å²) in [4.78, 5) is 25.5. The maximum atomic E-state index is 11.8. The molecule has 1 amide bonds. The van der Waals surface area contributed by atoms with Gasteiger partial charge in [-0.1, -0.05) is 13.3 Å². The fraction of sp³-hybridized carbons (Fsp3) is 0.846. The molecule has 0 aromatic carbocycles. The number of likely N-dealkylation sites (N-methyl/N-ethyl adjacent to an activating group) is 1. The van der Waals surface area contributed by atoms with Crippen LogP contribution < -0.4 is 5.32 Å². The Morgan fingerprint density at radius 2 is 2.17 bits per heavy atom. The first-order valence-electron chi connectivity index (χ1n) is 6.72. The van der Waals surface area contributed by atoms with Crippen molar-refractivity contribution < 1.29 is 14.3 Å². The number of nitrogens with zero attached hydrogens (tertiary/aromatic N) is 1. The van der Waals surface area contributed by atoms with E-state index in [1.165, 1.54) is 0 Å². The van der Waals surface area contributed by atoms with Crippen LogP contribution in [0.4, 0.5) is 0 Å². The quantitative estimate of drug-likeness (QED) is 0.739. The third-order valence-electron chi connectivity index (χ3n) is 3.36. The maximum absolute atomic E-state index is 11.8. The SMILES string of the molecule is CCOC(=O)C(C)CN1CCCCC1C(=O)NC. The highest BCUT2D eigenvalue weighted by Gasteiger charge is 2.30. The van der Waals surface area contributed by atoms with Gasteiger partial charge in [-0.2, -0.15) is 0 Å². The van der Waals surface area contributed by atoms with Gasteiger partial charge in [0.25, 0.3) is 0 Å². The van der Waals surface area contributed by atoms with Gasteiger partial charge in [0.2, 0.25) is 5.91 Å². The van der Waals surface area contributed by atoms with Crippen molar-refractivity contribution in [2.45, 2.75) is 39.2 Å². The molecule has 0 radical (unpaired) electrons. The number of amides is 1. The van der Waals surface area contributed by atoms with E-state index in [0.29, 0.717) is 13.2 Å². The molecule has 0 aliphatic carbocycles. The van der Waals surface area contributed by atoms with Gasteiger partial charge in [-0.05, 0) is 26.3 Å². The van der Waals surface area contributed by atoms with Gasteiger partial charge < -0.3 is 10.1 Å². The highest BCUT2D eigenvalue weighted by atomic mass is 16.5. The van der Waals surface area contributed by atoms with Crippen LogP contribution in [0.25, 0.3) is 0 Å². The Balaban J connectivity index is 2.56. The van der Waals surface area contributed by atoms with E-state index in [1.54, 1.807) is 14.0 Å². The van der Waals surface area contributed by atoms with Gasteiger partial charge in [-0.3, -0.25) is 14.5 Å². The van der Waals surface area contributed by atoms with Crippen LogP contribution in [0.5, 0.6) is 0 Å². The van der Waals surface area contributed by atoms with Crippen molar-refractivity contribution in [3.63, 3.8) is 0 Å². The molecule has 1 heterocycles. The third-order valence-corrected chi connectivity index (χ3v) is 3.36. The van der Waals surface area contributed by atoms with Crippen LogP contribution in [0, 0.1) is 5.92 Å². The molecule has 18 heavy (non-hydrogen) atoms. The van der Waals surface area contributed by atoms with E-state index < -0.39 is 0 Å². The van der Waals surface area contributed by atoms with E-state index in [9.17, 15) is 9.59 Å². The molecule has 1 fully saturated rings. The summed E-state index contributed by atoms with van der Waals surface area (Å²) in [6, 6.07) is -0.0966. The molecule has 1 N–H and O–H groups in total. The Bertz CT molecular complexity index is 294. The summed E-state index contributed by atoms with van der Waals surface area (Å²) in [5.41, 5.74) is 0. The first kappa shape index (κ1) is 15.0. The van der Waals surface area contributed by atoms with E-state index in [1.807, 2.05) is 6.92 Å². The smallest absolute Gasteiger partial charge is 0.309 e. The largest absolute Gasteiger partial charge is 0.466 e. The number of likely N-dealkylation sites (tertiary alicyclic amines) is 1. The second kappa shape index (κ2) is 7.36. The van der Waals surface area contributed by atoms with Crippen LogP contribution in [0.3, 0.4) is 0 Å². The van der Waals surface area contributed by atoms with Crippen LogP contribution in [0.1, 0.15) is 33.1 Å². The minimum absolute atomic E-state index is 0.0470. The van der Waals surface area contributed by atoms with Gasteiger partial charge in [-0.15, -0.1) is 0 Å². The molecule has 0 saturated carbocycles. The first-order chi connectivity index (χ1) is 8.60. The minimum Gasteiger partial charge on any atom is -0.466 e. The molecule has 104 valence electrons. The van der Waals surface area contributed by atoms with Gasteiger partial charge in [0.05, 0.1) is 18.6 Å². The second-order valence-electron chi connectivity index (χ2n) is 4.77. The molecule has 5 heteroatoms. The second-order valence-corrected chi connectivity index (χ2v) is 4.77. The molecular formula is C13H24N2O3. The summed E-state index contributed by atoms with van der Waals surface area (Å²) < 4.78 is 5.00. The molecule has 1 saturated heterocycles. The van der Waals surface area contributed by atoms with Gasteiger partial charge in [0.15, 0.2) is 0 Å². The lowest BCUT2D eigenvalue weighted by atomic mass is 9.99. The number of hydrogen-bond acceptors (Lipinski definition) is 4. The highest BCUT2D eigenvalue weighted by molar-refractivity contribution is 5.81. The van der Waals surface area contributed by atoms with E-state index in [-0.39, 0.29) is 23.8 Å². The van der Waals surface area contributed by atoms with E-state index in [0.717, 1.165) is 25.8 Å². The summed E-state index contributed by atoms with van der Waals surface area (Å²) in [5, 5.41) is 2.70. The number of carbonyl (C=O) groups excluding carboxylic acids is 2. The van der Waals surface area contributed by atoms with Crippen molar-refractivity contribution in [1.29, 1.82) is 0 Å². The molecule has 2 atom stereocenters. The van der Waals surface area contributed by atoms with E-state index in [4.69, 9.17) is 4.74 Å². The molecule has 0 spiro atoms. The zero-order valence-electron chi connectivity index (χ0n) is 11.6. The van der Waals surface area contributed by atoms with Crippen LogP contribution in [-0.2, 0) is 14.3 Å². The normalized spacial score (nSPS) is 22.3. The van der Waals surface area contributed by atoms with Gasteiger partial charge in [0, 0.05) is 13.6 Å². The van der Waals surface area contributed by atoms with Crippen molar-refractivity contribution in [1.82, 2.24) is 10.2 Å². The fourth-order valence-electron chi connectivity index (χ4n) is 2.38. The zero-order valence-corrected chi connectivity index (χ0v) is 11.6. The maximum Gasteiger partial charge on any atom is 0.309 e. The van der Waals surface area contributed by atoms with Crippen molar-refractivity contribution in [3.05, 3.63) is 0 Å². The topological polar surface area (TPSA) is 58.6 Å². The van der Waals surface area contributed by atoms with Crippen molar-refractivity contribution in [2.75, 3.05) is 26.7 Å². The lowest BCUT2D eigenvalue weighted by Gasteiger charge is -2.35. The Morgan fingerprint density at radius 3 is 2.78 bits per heavy atom. The number of carbonyl (C=O) groups is 2. The first-order valence-corrected chi connectivity index (χ1v) is 6.72. The number of esters is 1. The van der Waals surface area contributed by atoms with Gasteiger partial charge in [0.1, 0.15) is 0 Å². The lowest BCUT2D eigenvalue weighted by molar-refractivity contribution is -0.149. The average molecular weight is 256 g/mol. The molecule has 0 aromatic heterocycles. The van der Waals surface area contributed by atoms with Crippen LogP contribution >= 0.6 is 0 Å². The minimum atomic E-state index is -0.185. The van der Waals surface area contributed by atoms with E-state index >= 15 is 0 Å². The summed E-state index contributed by atoms with van der Waals surface area (Å²) >= 11 is 0. The predicted octanol–water partition coefficient (Wildman–Crippen LogP) is 0.786. The summed E-state index contributed by atoms with van der Waals surface area (Å²) in [5.74, 6) is -0.320. The highest BCUT2D eigenvalue weighted by Crippen LogP contribution is 2.19. The number of hydrogen-bond donors (Lipinski definition) is 1. The lowest BCUT2D eigenvalue weighted by Crippen LogP contribution is -2.50. The summed E-state index contributed by atoms with van der Waals surface area (Å²) in [7, 11) is 1.66. The molecule has 1 rings (SSSR count). The zero-order chi connectivity index (χ0) is 13.5. The summed E-state index contributed by atoms with van der Waals surface area (Å²) in [6.45, 7) is 5.53. The molecular weight excluding hydrogens is 232 g/mol. The molecule has 0 aromatic rings.